The van der Waals surface area contributed by atoms with Crippen molar-refractivity contribution >= 4 is 45.7 Å². The Labute approximate surface area is 170 Å². The van der Waals surface area contributed by atoms with Crippen LogP contribution < -0.4 is 14.9 Å². The lowest BCUT2D eigenvalue weighted by molar-refractivity contribution is 0.280. The number of fused-ring (bicyclic) bond motifs is 1. The summed E-state index contributed by atoms with van der Waals surface area (Å²) < 4.78 is 18.0. The highest BCUT2D eigenvalue weighted by atomic mass is 127. The lowest BCUT2D eigenvalue weighted by Gasteiger charge is -2.13. The van der Waals surface area contributed by atoms with E-state index in [1.807, 2.05) is 65.1 Å². The first-order valence-electron chi connectivity index (χ1n) is 8.86. The number of ether oxygens (including phenoxy) is 2. The molecule has 0 unspecified atom stereocenters. The van der Waals surface area contributed by atoms with Crippen molar-refractivity contribution in [2.24, 2.45) is 5.92 Å². The third-order valence-electron chi connectivity index (χ3n) is 4.57. The van der Waals surface area contributed by atoms with Crippen LogP contribution in [0.5, 0.6) is 11.5 Å². The Morgan fingerprint density at radius 2 is 1.96 bits per heavy atom. The lowest BCUT2D eigenvalue weighted by atomic mass is 10.1. The number of methoxy groups -OCH3 is 1. The fourth-order valence-electron chi connectivity index (χ4n) is 2.87. The Bertz CT molecular complexity index is 1060. The van der Waals surface area contributed by atoms with Crippen LogP contribution in [0.3, 0.4) is 0 Å². The van der Waals surface area contributed by atoms with E-state index in [0.29, 0.717) is 38.6 Å². The molecule has 1 aromatic heterocycles. The first kappa shape index (κ1) is 18.1. The van der Waals surface area contributed by atoms with E-state index in [4.69, 9.17) is 13.9 Å². The van der Waals surface area contributed by atoms with Gasteiger partial charge in [0.2, 0.25) is 5.43 Å². The summed E-state index contributed by atoms with van der Waals surface area (Å²) >= 11 is 2.04. The Morgan fingerprint density at radius 1 is 1.15 bits per heavy atom. The summed E-state index contributed by atoms with van der Waals surface area (Å²) in [6, 6.07) is 13.1. The molecular weight excluding hydrogens is 455 g/mol. The second-order valence-electron chi connectivity index (χ2n) is 6.57. The largest absolute Gasteiger partial charge is 0.493 e. The zero-order valence-electron chi connectivity index (χ0n) is 14.9. The Hall–Kier alpha value is -2.28. The maximum atomic E-state index is 12.6. The number of hydrogen-bond acceptors (Lipinski definition) is 4. The summed E-state index contributed by atoms with van der Waals surface area (Å²) in [4.78, 5) is 12.6. The van der Waals surface area contributed by atoms with Gasteiger partial charge < -0.3 is 13.9 Å². The van der Waals surface area contributed by atoms with Gasteiger partial charge in [0.25, 0.3) is 0 Å². The smallest absolute Gasteiger partial charge is 0.206 e. The van der Waals surface area contributed by atoms with Crippen LogP contribution in [0.2, 0.25) is 0 Å². The molecule has 1 heterocycles. The minimum Gasteiger partial charge on any atom is -0.493 e. The van der Waals surface area contributed by atoms with Gasteiger partial charge in [0.15, 0.2) is 11.5 Å². The number of halogens is 1. The van der Waals surface area contributed by atoms with Crippen molar-refractivity contribution in [2.75, 3.05) is 13.7 Å². The SMILES string of the molecule is COc1cccc(/C=C/c2oc3ccccc3c(=O)c2I)c1OCC1CC1. The van der Waals surface area contributed by atoms with Crippen LogP contribution in [0.1, 0.15) is 24.2 Å². The molecule has 0 bridgehead atoms. The molecular formula is C22H19IO4. The molecule has 27 heavy (non-hydrogen) atoms. The van der Waals surface area contributed by atoms with E-state index in [2.05, 4.69) is 0 Å². The summed E-state index contributed by atoms with van der Waals surface area (Å²) in [5, 5.41) is 0.592. The van der Waals surface area contributed by atoms with E-state index in [-0.39, 0.29) is 5.43 Å². The van der Waals surface area contributed by atoms with Crippen molar-refractivity contribution < 1.29 is 13.9 Å². The maximum absolute atomic E-state index is 12.6. The summed E-state index contributed by atoms with van der Waals surface area (Å²) in [5.41, 5.74) is 1.45. The molecule has 1 saturated carbocycles. The Morgan fingerprint density at radius 3 is 2.74 bits per heavy atom. The topological polar surface area (TPSA) is 48.7 Å². The first-order chi connectivity index (χ1) is 13.2. The molecule has 1 aliphatic rings. The van der Waals surface area contributed by atoms with Gasteiger partial charge >= 0.3 is 0 Å². The summed E-state index contributed by atoms with van der Waals surface area (Å²) in [6.07, 6.45) is 6.16. The van der Waals surface area contributed by atoms with Gasteiger partial charge in [-0.15, -0.1) is 0 Å². The molecule has 3 aromatic rings. The predicted octanol–water partition coefficient (Wildman–Crippen LogP) is 5.37. The maximum Gasteiger partial charge on any atom is 0.206 e. The minimum atomic E-state index is -0.0204. The first-order valence-corrected chi connectivity index (χ1v) is 9.94. The van der Waals surface area contributed by atoms with E-state index in [0.717, 1.165) is 11.3 Å². The van der Waals surface area contributed by atoms with Crippen molar-refractivity contribution in [3.8, 4) is 11.5 Å². The molecule has 4 nitrogen and oxygen atoms in total. The second-order valence-corrected chi connectivity index (χ2v) is 7.65. The van der Waals surface area contributed by atoms with Crippen LogP contribution in [-0.4, -0.2) is 13.7 Å². The Kier molecular flexibility index (Phi) is 5.20. The molecule has 0 aliphatic heterocycles. The average molecular weight is 474 g/mol. The van der Waals surface area contributed by atoms with Gasteiger partial charge in [-0.25, -0.2) is 0 Å². The molecule has 0 N–H and O–H groups in total. The fraction of sp³-hybridized carbons (Fsp3) is 0.227. The number of rotatable bonds is 6. The van der Waals surface area contributed by atoms with E-state index < -0.39 is 0 Å². The zero-order valence-corrected chi connectivity index (χ0v) is 17.1. The van der Waals surface area contributed by atoms with Crippen LogP contribution in [0, 0.1) is 9.49 Å². The molecule has 1 aliphatic carbocycles. The summed E-state index contributed by atoms with van der Waals surface area (Å²) in [6.45, 7) is 0.698. The predicted molar refractivity (Wildman–Crippen MR) is 115 cm³/mol. The monoisotopic (exact) mass is 474 g/mol. The van der Waals surface area contributed by atoms with Crippen LogP contribution >= 0.6 is 22.6 Å². The zero-order chi connectivity index (χ0) is 18.8. The average Bonchev–Trinajstić information content (AvgIpc) is 3.52. The van der Waals surface area contributed by atoms with E-state index in [9.17, 15) is 4.79 Å². The molecule has 2 aromatic carbocycles. The van der Waals surface area contributed by atoms with Crippen LogP contribution in [0.25, 0.3) is 23.1 Å². The van der Waals surface area contributed by atoms with Gasteiger partial charge in [-0.2, -0.15) is 0 Å². The summed E-state index contributed by atoms with van der Waals surface area (Å²) in [7, 11) is 1.64. The van der Waals surface area contributed by atoms with E-state index in [1.165, 1.54) is 12.8 Å². The van der Waals surface area contributed by atoms with Gasteiger partial charge in [-0.05, 0) is 71.7 Å². The quantitative estimate of drug-likeness (QED) is 0.451. The molecule has 138 valence electrons. The minimum absolute atomic E-state index is 0.0204. The Balaban J connectivity index is 1.71. The number of para-hydroxylation sites is 2. The molecule has 4 rings (SSSR count). The van der Waals surface area contributed by atoms with Gasteiger partial charge in [0.1, 0.15) is 14.9 Å². The van der Waals surface area contributed by atoms with E-state index >= 15 is 0 Å². The van der Waals surface area contributed by atoms with Crippen molar-refractivity contribution in [3.63, 3.8) is 0 Å². The molecule has 5 heteroatoms. The number of benzene rings is 2. The van der Waals surface area contributed by atoms with E-state index in [1.54, 1.807) is 19.2 Å². The normalized spacial score (nSPS) is 14.0. The van der Waals surface area contributed by atoms with Crippen LogP contribution in [0.4, 0.5) is 0 Å². The van der Waals surface area contributed by atoms with Crippen LogP contribution in [-0.2, 0) is 0 Å². The lowest BCUT2D eigenvalue weighted by Crippen LogP contribution is -2.07. The van der Waals surface area contributed by atoms with Crippen molar-refractivity contribution in [2.45, 2.75) is 12.8 Å². The highest BCUT2D eigenvalue weighted by molar-refractivity contribution is 14.1. The standard InChI is InChI=1S/C22H19IO4/c1-25-19-8-4-5-15(22(19)26-13-14-9-10-14)11-12-18-20(23)21(24)16-6-2-3-7-17(16)27-18/h2-8,11-12,14H,9-10,13H2,1H3/b12-11+. The van der Waals surface area contributed by atoms with Crippen LogP contribution in [0.15, 0.2) is 51.7 Å². The highest BCUT2D eigenvalue weighted by Gasteiger charge is 2.23. The number of hydrogen-bond donors (Lipinski definition) is 0. The third kappa shape index (κ3) is 3.88. The van der Waals surface area contributed by atoms with Gasteiger partial charge in [0, 0.05) is 5.56 Å². The van der Waals surface area contributed by atoms with Crippen molar-refractivity contribution in [1.29, 1.82) is 0 Å². The third-order valence-corrected chi connectivity index (χ3v) is 5.59. The fourth-order valence-corrected chi connectivity index (χ4v) is 3.45. The second kappa shape index (κ2) is 7.76. The van der Waals surface area contributed by atoms with Crippen molar-refractivity contribution in [1.82, 2.24) is 0 Å². The highest BCUT2D eigenvalue weighted by Crippen LogP contribution is 2.36. The molecule has 0 saturated heterocycles. The molecule has 0 atom stereocenters. The molecule has 0 spiro atoms. The van der Waals surface area contributed by atoms with Gasteiger partial charge in [0.05, 0.1) is 19.1 Å². The molecule has 0 radical (unpaired) electrons. The van der Waals surface area contributed by atoms with Gasteiger partial charge in [-0.1, -0.05) is 24.3 Å². The summed E-state index contributed by atoms with van der Waals surface area (Å²) in [5.74, 6) is 2.61. The molecule has 0 amide bonds. The van der Waals surface area contributed by atoms with Gasteiger partial charge in [-0.3, -0.25) is 4.79 Å². The van der Waals surface area contributed by atoms with Crippen molar-refractivity contribution in [3.05, 3.63) is 67.6 Å². The molecule has 1 fully saturated rings.